The molecule has 2 rings (SSSR count). The smallest absolute Gasteiger partial charge is 0.233 e. The average Bonchev–Trinajstić information content (AvgIpc) is 2.72. The first-order chi connectivity index (χ1) is 6.86. The van der Waals surface area contributed by atoms with Gasteiger partial charge in [-0.25, -0.2) is 0 Å². The molecule has 0 aliphatic carbocycles. The Morgan fingerprint density at radius 3 is 2.93 bits per heavy atom. The Kier molecular flexibility index (Phi) is 3.70. The molecule has 2 fully saturated rings. The molecular weight excluding hydrogens is 196 g/mol. The Morgan fingerprint density at radius 1 is 1.36 bits per heavy atom. The summed E-state index contributed by atoms with van der Waals surface area (Å²) in [6.45, 7) is 1.99. The van der Waals surface area contributed by atoms with Gasteiger partial charge < -0.3 is 10.6 Å². The Balaban J connectivity index is 1.75. The zero-order valence-corrected chi connectivity index (χ0v) is 9.24. The van der Waals surface area contributed by atoms with Crippen LogP contribution < -0.4 is 10.6 Å². The summed E-state index contributed by atoms with van der Waals surface area (Å²) in [5.74, 6) is 1.42. The molecule has 2 atom stereocenters. The molecule has 0 bridgehead atoms. The summed E-state index contributed by atoms with van der Waals surface area (Å²) < 4.78 is 0. The topological polar surface area (TPSA) is 41.1 Å². The molecule has 4 heteroatoms. The van der Waals surface area contributed by atoms with E-state index in [4.69, 9.17) is 0 Å². The fourth-order valence-electron chi connectivity index (χ4n) is 2.02. The molecule has 2 N–H and O–H groups in total. The lowest BCUT2D eigenvalue weighted by molar-refractivity contribution is -0.121. The monoisotopic (exact) mass is 214 g/mol. The number of thioether (sulfide) groups is 1. The van der Waals surface area contributed by atoms with Crippen molar-refractivity contribution in [2.75, 3.05) is 18.8 Å². The van der Waals surface area contributed by atoms with Gasteiger partial charge in [-0.15, -0.1) is 11.8 Å². The quantitative estimate of drug-likeness (QED) is 0.713. The van der Waals surface area contributed by atoms with Crippen molar-refractivity contribution in [3.05, 3.63) is 0 Å². The lowest BCUT2D eigenvalue weighted by Gasteiger charge is -2.22. The average molecular weight is 214 g/mol. The molecule has 1 unspecified atom stereocenters. The SMILES string of the molecule is O=C(N[C@H]1CCNC1)C1CCCCS1. The summed E-state index contributed by atoms with van der Waals surface area (Å²) in [5, 5.41) is 6.61. The Morgan fingerprint density at radius 2 is 2.29 bits per heavy atom. The molecule has 0 aromatic heterocycles. The molecule has 2 aliphatic heterocycles. The fourth-order valence-corrected chi connectivity index (χ4v) is 3.23. The van der Waals surface area contributed by atoms with E-state index in [1.807, 2.05) is 11.8 Å². The molecule has 80 valence electrons. The zero-order chi connectivity index (χ0) is 9.80. The Bertz CT molecular complexity index is 198. The first-order valence-electron chi connectivity index (χ1n) is 5.49. The van der Waals surface area contributed by atoms with Gasteiger partial charge in [0.15, 0.2) is 0 Å². The van der Waals surface area contributed by atoms with Crippen LogP contribution in [0.4, 0.5) is 0 Å². The Hall–Kier alpha value is -0.220. The van der Waals surface area contributed by atoms with Crippen LogP contribution in [0.15, 0.2) is 0 Å². The van der Waals surface area contributed by atoms with Gasteiger partial charge in [0.1, 0.15) is 0 Å². The van der Waals surface area contributed by atoms with Gasteiger partial charge in [-0.05, 0) is 31.6 Å². The van der Waals surface area contributed by atoms with E-state index >= 15 is 0 Å². The summed E-state index contributed by atoms with van der Waals surface area (Å²) in [4.78, 5) is 11.8. The third kappa shape index (κ3) is 2.64. The van der Waals surface area contributed by atoms with E-state index in [1.54, 1.807) is 0 Å². The van der Waals surface area contributed by atoms with Gasteiger partial charge in [-0.3, -0.25) is 4.79 Å². The van der Waals surface area contributed by atoms with Crippen molar-refractivity contribution >= 4 is 17.7 Å². The lowest BCUT2D eigenvalue weighted by atomic mass is 10.1. The van der Waals surface area contributed by atoms with Crippen LogP contribution in [0, 0.1) is 0 Å². The van der Waals surface area contributed by atoms with Gasteiger partial charge in [0.05, 0.1) is 5.25 Å². The van der Waals surface area contributed by atoms with E-state index < -0.39 is 0 Å². The lowest BCUT2D eigenvalue weighted by Crippen LogP contribution is -2.42. The van der Waals surface area contributed by atoms with E-state index in [9.17, 15) is 4.79 Å². The maximum atomic E-state index is 11.8. The highest BCUT2D eigenvalue weighted by Gasteiger charge is 2.24. The summed E-state index contributed by atoms with van der Waals surface area (Å²) in [7, 11) is 0. The van der Waals surface area contributed by atoms with Crippen LogP contribution in [-0.4, -0.2) is 36.0 Å². The van der Waals surface area contributed by atoms with Crippen molar-refractivity contribution in [2.45, 2.75) is 37.0 Å². The number of rotatable bonds is 2. The van der Waals surface area contributed by atoms with Crippen molar-refractivity contribution in [1.82, 2.24) is 10.6 Å². The van der Waals surface area contributed by atoms with Crippen LogP contribution in [0.3, 0.4) is 0 Å². The van der Waals surface area contributed by atoms with Crippen LogP contribution in [0.5, 0.6) is 0 Å². The van der Waals surface area contributed by atoms with Crippen LogP contribution in [0.2, 0.25) is 0 Å². The summed E-state index contributed by atoms with van der Waals surface area (Å²) in [6, 6.07) is 0.380. The van der Waals surface area contributed by atoms with Crippen LogP contribution in [0.1, 0.15) is 25.7 Å². The molecule has 0 spiro atoms. The number of nitrogens with one attached hydrogen (secondary N) is 2. The normalized spacial score (nSPS) is 32.9. The van der Waals surface area contributed by atoms with Gasteiger partial charge in [0.2, 0.25) is 5.91 Å². The highest BCUT2D eigenvalue weighted by atomic mass is 32.2. The second-order valence-corrected chi connectivity index (χ2v) is 5.36. The minimum Gasteiger partial charge on any atom is -0.351 e. The third-order valence-corrected chi connectivity index (χ3v) is 4.26. The molecule has 0 radical (unpaired) electrons. The van der Waals surface area contributed by atoms with Crippen molar-refractivity contribution in [3.63, 3.8) is 0 Å². The highest BCUT2D eigenvalue weighted by molar-refractivity contribution is 8.00. The molecule has 3 nitrogen and oxygen atoms in total. The number of amides is 1. The summed E-state index contributed by atoms with van der Waals surface area (Å²) in [5.41, 5.74) is 0. The van der Waals surface area contributed by atoms with Crippen molar-refractivity contribution < 1.29 is 4.79 Å². The number of carbonyl (C=O) groups excluding carboxylic acids is 1. The summed E-state index contributed by atoms with van der Waals surface area (Å²) in [6.07, 6.45) is 4.65. The molecule has 0 aromatic rings. The van der Waals surface area contributed by atoms with Gasteiger partial charge in [0.25, 0.3) is 0 Å². The van der Waals surface area contributed by atoms with Gasteiger partial charge in [0, 0.05) is 12.6 Å². The molecule has 2 aliphatic rings. The van der Waals surface area contributed by atoms with Gasteiger partial charge >= 0.3 is 0 Å². The highest BCUT2D eigenvalue weighted by Crippen LogP contribution is 2.25. The molecule has 0 saturated carbocycles. The fraction of sp³-hybridized carbons (Fsp3) is 0.900. The molecule has 14 heavy (non-hydrogen) atoms. The molecule has 2 saturated heterocycles. The number of hydrogen-bond donors (Lipinski definition) is 2. The minimum atomic E-state index is 0.226. The van der Waals surface area contributed by atoms with Crippen LogP contribution in [0.25, 0.3) is 0 Å². The second kappa shape index (κ2) is 5.03. The second-order valence-electron chi connectivity index (χ2n) is 4.05. The summed E-state index contributed by atoms with van der Waals surface area (Å²) >= 11 is 1.82. The molecular formula is C10H18N2OS. The maximum absolute atomic E-state index is 11.8. The third-order valence-electron chi connectivity index (χ3n) is 2.88. The van der Waals surface area contributed by atoms with Crippen molar-refractivity contribution in [1.29, 1.82) is 0 Å². The zero-order valence-electron chi connectivity index (χ0n) is 8.42. The van der Waals surface area contributed by atoms with E-state index in [0.29, 0.717) is 6.04 Å². The van der Waals surface area contributed by atoms with E-state index in [-0.39, 0.29) is 11.2 Å². The van der Waals surface area contributed by atoms with Crippen LogP contribution >= 0.6 is 11.8 Å². The molecule has 0 aromatic carbocycles. The molecule has 2 heterocycles. The predicted molar refractivity (Wildman–Crippen MR) is 59.5 cm³/mol. The molecule has 1 amide bonds. The predicted octanol–water partition coefficient (Wildman–Crippen LogP) is 0.750. The van der Waals surface area contributed by atoms with Crippen LogP contribution in [-0.2, 0) is 4.79 Å². The first kappa shape index (κ1) is 10.3. The first-order valence-corrected chi connectivity index (χ1v) is 6.54. The maximum Gasteiger partial charge on any atom is 0.233 e. The largest absolute Gasteiger partial charge is 0.351 e. The van der Waals surface area contributed by atoms with E-state index in [2.05, 4.69) is 10.6 Å². The number of hydrogen-bond acceptors (Lipinski definition) is 3. The van der Waals surface area contributed by atoms with Gasteiger partial charge in [-0.2, -0.15) is 0 Å². The Labute approximate surface area is 89.4 Å². The van der Waals surface area contributed by atoms with Crippen molar-refractivity contribution in [2.24, 2.45) is 0 Å². The number of carbonyl (C=O) groups is 1. The standard InChI is InChI=1S/C10H18N2OS/c13-10(9-3-1-2-6-14-9)12-8-4-5-11-7-8/h8-9,11H,1-7H2,(H,12,13)/t8-,9?/m0/s1. The van der Waals surface area contributed by atoms with E-state index in [1.165, 1.54) is 12.8 Å². The van der Waals surface area contributed by atoms with E-state index in [0.717, 1.165) is 31.7 Å². The minimum absolute atomic E-state index is 0.226. The van der Waals surface area contributed by atoms with Crippen molar-refractivity contribution in [3.8, 4) is 0 Å². The van der Waals surface area contributed by atoms with Gasteiger partial charge in [-0.1, -0.05) is 6.42 Å².